The van der Waals surface area contributed by atoms with E-state index in [1.807, 2.05) is 0 Å². The molecule has 0 unspecified atom stereocenters. The van der Waals surface area contributed by atoms with Crippen molar-refractivity contribution in [2.45, 2.75) is 19.5 Å². The van der Waals surface area contributed by atoms with Crippen molar-refractivity contribution < 1.29 is 29.4 Å². The third-order valence-corrected chi connectivity index (χ3v) is 5.91. The van der Waals surface area contributed by atoms with Crippen molar-refractivity contribution in [3.63, 3.8) is 0 Å². The number of carboxylic acids is 1. The number of carbonyl (C=O) groups is 4. The average Bonchev–Trinajstić information content (AvgIpc) is 3.25. The summed E-state index contributed by atoms with van der Waals surface area (Å²) in [7, 11) is 0. The van der Waals surface area contributed by atoms with Gasteiger partial charge in [0.1, 0.15) is 16.7 Å². The van der Waals surface area contributed by atoms with E-state index in [0.29, 0.717) is 11.3 Å². The Kier molecular flexibility index (Phi) is 8.34. The van der Waals surface area contributed by atoms with Crippen molar-refractivity contribution in [2.24, 2.45) is 0 Å². The van der Waals surface area contributed by atoms with Crippen molar-refractivity contribution in [3.05, 3.63) is 74.7 Å². The van der Waals surface area contributed by atoms with Crippen LogP contribution < -0.4 is 16.0 Å². The lowest BCUT2D eigenvalue weighted by Crippen LogP contribution is -2.48. The molecule has 0 aliphatic carbocycles. The zero-order chi connectivity index (χ0) is 25.5. The molecule has 3 rings (SSSR count). The SMILES string of the molecule is Cc1nnsc1C(=O)NC[C@H](NC(=O)c1ccc(C(=O)NCc2cccc(O)c2)cc1Cl)C(=O)O. The summed E-state index contributed by atoms with van der Waals surface area (Å²) in [5.74, 6) is -3.10. The Hall–Kier alpha value is -4.03. The lowest BCUT2D eigenvalue weighted by molar-refractivity contribution is -0.139. The fourth-order valence-corrected chi connectivity index (χ4v) is 3.78. The maximum atomic E-state index is 12.6. The minimum absolute atomic E-state index is 0.0451. The molecule has 5 N–H and O–H groups in total. The molecule has 1 aromatic heterocycles. The summed E-state index contributed by atoms with van der Waals surface area (Å²) < 4.78 is 3.64. The Balaban J connectivity index is 1.61. The number of aromatic hydroxyl groups is 1. The van der Waals surface area contributed by atoms with Crippen molar-refractivity contribution in [1.82, 2.24) is 25.5 Å². The van der Waals surface area contributed by atoms with Crippen LogP contribution in [-0.4, -0.2) is 56.1 Å². The number of nitrogens with one attached hydrogen (secondary N) is 3. The predicted molar refractivity (Wildman–Crippen MR) is 127 cm³/mol. The predicted octanol–water partition coefficient (Wildman–Crippen LogP) is 1.75. The first-order valence-electron chi connectivity index (χ1n) is 10.1. The van der Waals surface area contributed by atoms with Crippen LogP contribution >= 0.6 is 23.1 Å². The van der Waals surface area contributed by atoms with Gasteiger partial charge >= 0.3 is 5.97 Å². The molecule has 0 aliphatic heterocycles. The zero-order valence-corrected chi connectivity index (χ0v) is 19.8. The van der Waals surface area contributed by atoms with Crippen molar-refractivity contribution in [3.8, 4) is 5.75 Å². The van der Waals surface area contributed by atoms with Gasteiger partial charge in [0.2, 0.25) is 0 Å². The third-order valence-electron chi connectivity index (χ3n) is 4.77. The summed E-state index contributed by atoms with van der Waals surface area (Å²) in [4.78, 5) is 49.0. The van der Waals surface area contributed by atoms with Gasteiger partial charge in [-0.1, -0.05) is 28.2 Å². The molecule has 182 valence electrons. The van der Waals surface area contributed by atoms with Crippen LogP contribution in [0.25, 0.3) is 0 Å². The molecule has 0 aliphatic rings. The van der Waals surface area contributed by atoms with Gasteiger partial charge in [-0.2, -0.15) is 0 Å². The fourth-order valence-electron chi connectivity index (χ4n) is 2.94. The summed E-state index contributed by atoms with van der Waals surface area (Å²) in [5, 5.41) is 30.0. The third kappa shape index (κ3) is 6.74. The van der Waals surface area contributed by atoms with Gasteiger partial charge in [0, 0.05) is 18.7 Å². The number of amides is 3. The molecule has 0 fully saturated rings. The molecule has 35 heavy (non-hydrogen) atoms. The highest BCUT2D eigenvalue weighted by Crippen LogP contribution is 2.19. The van der Waals surface area contributed by atoms with E-state index in [-0.39, 0.29) is 39.9 Å². The minimum Gasteiger partial charge on any atom is -0.508 e. The van der Waals surface area contributed by atoms with E-state index in [2.05, 4.69) is 25.5 Å². The fraction of sp³-hybridized carbons (Fsp3) is 0.182. The molecule has 11 nitrogen and oxygen atoms in total. The maximum Gasteiger partial charge on any atom is 0.328 e. The van der Waals surface area contributed by atoms with Gasteiger partial charge in [-0.25, -0.2) is 4.79 Å². The van der Waals surface area contributed by atoms with Crippen LogP contribution in [0.5, 0.6) is 5.75 Å². The molecule has 0 saturated heterocycles. The van der Waals surface area contributed by atoms with E-state index >= 15 is 0 Å². The molecule has 0 saturated carbocycles. The first kappa shape index (κ1) is 25.6. The monoisotopic (exact) mass is 517 g/mol. The number of halogens is 1. The highest BCUT2D eigenvalue weighted by atomic mass is 35.5. The number of nitrogens with zero attached hydrogens (tertiary/aromatic N) is 2. The quantitative estimate of drug-likeness (QED) is 0.285. The zero-order valence-electron chi connectivity index (χ0n) is 18.2. The van der Waals surface area contributed by atoms with E-state index in [0.717, 1.165) is 11.5 Å². The molecule has 3 amide bonds. The maximum absolute atomic E-state index is 12.6. The Labute approximate surface area is 208 Å². The number of aromatic nitrogens is 2. The van der Waals surface area contributed by atoms with Crippen LogP contribution in [0.3, 0.4) is 0 Å². The average molecular weight is 518 g/mol. The van der Waals surface area contributed by atoms with Gasteiger partial charge < -0.3 is 26.2 Å². The van der Waals surface area contributed by atoms with E-state index in [1.54, 1.807) is 19.1 Å². The van der Waals surface area contributed by atoms with Crippen LogP contribution in [0.2, 0.25) is 5.02 Å². The molecular formula is C22H20ClN5O6S. The van der Waals surface area contributed by atoms with Gasteiger partial charge in [0.05, 0.1) is 16.3 Å². The molecule has 0 bridgehead atoms. The molecule has 0 radical (unpaired) electrons. The lowest BCUT2D eigenvalue weighted by Gasteiger charge is -2.16. The first-order valence-corrected chi connectivity index (χ1v) is 11.3. The van der Waals surface area contributed by atoms with Crippen molar-refractivity contribution in [2.75, 3.05) is 6.54 Å². The van der Waals surface area contributed by atoms with Gasteiger partial charge in [0.25, 0.3) is 17.7 Å². The largest absolute Gasteiger partial charge is 0.508 e. The number of aryl methyl sites for hydroxylation is 1. The molecule has 13 heteroatoms. The number of hydrogen-bond acceptors (Lipinski definition) is 8. The second-order valence-electron chi connectivity index (χ2n) is 7.31. The second-order valence-corrected chi connectivity index (χ2v) is 8.47. The van der Waals surface area contributed by atoms with Crippen LogP contribution in [0, 0.1) is 6.92 Å². The number of phenols is 1. The molecule has 1 atom stereocenters. The summed E-state index contributed by atoms with van der Waals surface area (Å²) in [6.07, 6.45) is 0. The summed E-state index contributed by atoms with van der Waals surface area (Å²) in [6.45, 7) is 1.37. The highest BCUT2D eigenvalue weighted by Gasteiger charge is 2.24. The van der Waals surface area contributed by atoms with Gasteiger partial charge in [-0.05, 0) is 54.4 Å². The standard InChI is InChI=1S/C22H20ClN5O6S/c1-11-18(35-28-27-11)21(32)25-10-17(22(33)34)26-20(31)15-6-5-13(8-16(15)23)19(30)24-9-12-3-2-4-14(29)7-12/h2-8,17,29H,9-10H2,1H3,(H,24,30)(H,25,32)(H,26,31)(H,33,34)/t17-/m0/s1. The highest BCUT2D eigenvalue weighted by molar-refractivity contribution is 7.08. The number of benzene rings is 2. The number of rotatable bonds is 9. The number of phenolic OH excluding ortho intramolecular Hbond substituents is 1. The smallest absolute Gasteiger partial charge is 0.328 e. The normalized spacial score (nSPS) is 11.4. The summed E-state index contributed by atoms with van der Waals surface area (Å²) in [6, 6.07) is 8.92. The Morgan fingerprint density at radius 1 is 1.06 bits per heavy atom. The van der Waals surface area contributed by atoms with Crippen LogP contribution in [0.15, 0.2) is 42.5 Å². The summed E-state index contributed by atoms with van der Waals surface area (Å²) in [5.41, 5.74) is 1.23. The van der Waals surface area contributed by atoms with Crippen LogP contribution in [0.4, 0.5) is 0 Å². The molecule has 1 heterocycles. The molecular weight excluding hydrogens is 498 g/mol. The van der Waals surface area contributed by atoms with Crippen molar-refractivity contribution in [1.29, 1.82) is 0 Å². The number of hydrogen-bond donors (Lipinski definition) is 5. The van der Waals surface area contributed by atoms with Crippen molar-refractivity contribution >= 4 is 46.8 Å². The topological polar surface area (TPSA) is 171 Å². The molecule has 2 aromatic carbocycles. The molecule has 3 aromatic rings. The first-order chi connectivity index (χ1) is 16.7. The molecule has 0 spiro atoms. The number of aliphatic carboxylic acids is 1. The summed E-state index contributed by atoms with van der Waals surface area (Å²) >= 11 is 7.05. The van der Waals surface area contributed by atoms with E-state index in [9.17, 15) is 29.4 Å². The van der Waals surface area contributed by atoms with Gasteiger partial charge in [-0.15, -0.1) is 5.10 Å². The number of carboxylic acid groups (broad SMARTS) is 1. The van der Waals surface area contributed by atoms with E-state index in [4.69, 9.17) is 11.6 Å². The van der Waals surface area contributed by atoms with Gasteiger partial charge in [0.15, 0.2) is 0 Å². The van der Waals surface area contributed by atoms with Crippen LogP contribution in [0.1, 0.15) is 41.6 Å². The van der Waals surface area contributed by atoms with Crippen LogP contribution in [-0.2, 0) is 11.3 Å². The van der Waals surface area contributed by atoms with Gasteiger partial charge in [-0.3, -0.25) is 14.4 Å². The Morgan fingerprint density at radius 3 is 2.46 bits per heavy atom. The minimum atomic E-state index is -1.44. The lowest BCUT2D eigenvalue weighted by atomic mass is 10.1. The Bertz CT molecular complexity index is 1280. The Morgan fingerprint density at radius 2 is 1.83 bits per heavy atom. The van der Waals surface area contributed by atoms with E-state index in [1.165, 1.54) is 30.3 Å². The second kappa shape index (κ2) is 11.4. The van der Waals surface area contributed by atoms with E-state index < -0.39 is 29.7 Å². The number of carbonyl (C=O) groups excluding carboxylic acids is 3.